The predicted molar refractivity (Wildman–Crippen MR) is 65.6 cm³/mol. The van der Waals surface area contributed by atoms with Gasteiger partial charge >= 0.3 is 0 Å². The van der Waals surface area contributed by atoms with Crippen LogP contribution in [0.5, 0.6) is 0 Å². The van der Waals surface area contributed by atoms with Gasteiger partial charge in [0, 0.05) is 12.5 Å². The summed E-state index contributed by atoms with van der Waals surface area (Å²) in [6.07, 6.45) is 7.03. The van der Waals surface area contributed by atoms with Crippen LogP contribution < -0.4 is 5.56 Å². The normalized spacial score (nSPS) is 11.9. The van der Waals surface area contributed by atoms with Gasteiger partial charge in [0.25, 0.3) is 5.56 Å². The molecule has 0 spiro atoms. The summed E-state index contributed by atoms with van der Waals surface area (Å²) in [4.78, 5) is 10.8. The SMILES string of the molecule is CC(C)(C)CCCCCCc1cc(=O)[nH]o1. The van der Waals surface area contributed by atoms with Crippen molar-refractivity contribution in [2.45, 2.75) is 59.3 Å². The first kappa shape index (κ1) is 13.1. The summed E-state index contributed by atoms with van der Waals surface area (Å²) < 4.78 is 4.99. The third kappa shape index (κ3) is 5.79. The minimum Gasteiger partial charge on any atom is -0.384 e. The van der Waals surface area contributed by atoms with Gasteiger partial charge in [0.1, 0.15) is 5.76 Å². The number of hydrogen-bond donors (Lipinski definition) is 1. The van der Waals surface area contributed by atoms with E-state index in [0.29, 0.717) is 5.41 Å². The van der Waals surface area contributed by atoms with E-state index in [2.05, 4.69) is 25.9 Å². The van der Waals surface area contributed by atoms with E-state index in [-0.39, 0.29) is 5.56 Å². The maximum atomic E-state index is 10.8. The van der Waals surface area contributed by atoms with Crippen molar-refractivity contribution in [3.05, 3.63) is 22.2 Å². The number of H-pyrrole nitrogens is 1. The van der Waals surface area contributed by atoms with Crippen molar-refractivity contribution in [1.82, 2.24) is 5.16 Å². The Morgan fingerprint density at radius 2 is 1.88 bits per heavy atom. The Morgan fingerprint density at radius 1 is 1.19 bits per heavy atom. The number of hydrogen-bond acceptors (Lipinski definition) is 2. The van der Waals surface area contributed by atoms with Gasteiger partial charge in [-0.05, 0) is 18.3 Å². The molecule has 3 heteroatoms. The average molecular weight is 225 g/mol. The van der Waals surface area contributed by atoms with Gasteiger partial charge in [0.2, 0.25) is 0 Å². The summed E-state index contributed by atoms with van der Waals surface area (Å²) in [5.74, 6) is 0.779. The lowest BCUT2D eigenvalue weighted by molar-refractivity contribution is 0.352. The van der Waals surface area contributed by atoms with Crippen LogP contribution in [-0.2, 0) is 6.42 Å². The number of rotatable bonds is 6. The molecule has 0 aliphatic rings. The highest BCUT2D eigenvalue weighted by atomic mass is 16.5. The van der Waals surface area contributed by atoms with E-state index in [1.165, 1.54) is 31.7 Å². The molecule has 1 aromatic rings. The molecule has 3 nitrogen and oxygen atoms in total. The first-order valence-electron chi connectivity index (χ1n) is 6.15. The summed E-state index contributed by atoms with van der Waals surface area (Å²) >= 11 is 0. The number of nitrogens with one attached hydrogen (secondary N) is 1. The fraction of sp³-hybridized carbons (Fsp3) is 0.769. The summed E-state index contributed by atoms with van der Waals surface area (Å²) in [7, 11) is 0. The predicted octanol–water partition coefficient (Wildman–Crippen LogP) is 3.51. The summed E-state index contributed by atoms with van der Waals surface area (Å²) in [5.41, 5.74) is 0.315. The molecule has 0 atom stereocenters. The summed E-state index contributed by atoms with van der Waals surface area (Å²) in [6, 6.07) is 1.54. The zero-order chi connectivity index (χ0) is 12.0. The Kier molecular flexibility index (Phi) is 4.84. The van der Waals surface area contributed by atoms with Gasteiger partial charge in [-0.15, -0.1) is 0 Å². The highest BCUT2D eigenvalue weighted by Gasteiger charge is 2.08. The van der Waals surface area contributed by atoms with Crippen molar-refractivity contribution in [3.8, 4) is 0 Å². The molecule has 0 saturated heterocycles. The molecule has 1 heterocycles. The maximum absolute atomic E-state index is 10.8. The second kappa shape index (κ2) is 5.92. The molecular weight excluding hydrogens is 202 g/mol. The number of unbranched alkanes of at least 4 members (excludes halogenated alkanes) is 3. The van der Waals surface area contributed by atoms with Crippen LogP contribution in [-0.4, -0.2) is 5.16 Å². The Morgan fingerprint density at radius 3 is 2.44 bits per heavy atom. The lowest BCUT2D eigenvalue weighted by Crippen LogP contribution is -2.03. The average Bonchev–Trinajstić information content (AvgIpc) is 2.56. The fourth-order valence-corrected chi connectivity index (χ4v) is 1.75. The molecular formula is C13H23NO2. The molecule has 0 aliphatic heterocycles. The fourth-order valence-electron chi connectivity index (χ4n) is 1.75. The third-order valence-electron chi connectivity index (χ3n) is 2.67. The maximum Gasteiger partial charge on any atom is 0.280 e. The minimum atomic E-state index is -0.136. The molecule has 0 radical (unpaired) electrons. The molecule has 1 N–H and O–H groups in total. The Labute approximate surface area is 97.2 Å². The van der Waals surface area contributed by atoms with Crippen LogP contribution in [0.2, 0.25) is 0 Å². The van der Waals surface area contributed by atoms with Gasteiger partial charge < -0.3 is 4.52 Å². The van der Waals surface area contributed by atoms with Gasteiger partial charge in [0.05, 0.1) is 0 Å². The number of aryl methyl sites for hydroxylation is 1. The molecule has 92 valence electrons. The number of aromatic amines is 1. The van der Waals surface area contributed by atoms with Crippen molar-refractivity contribution >= 4 is 0 Å². The molecule has 1 aromatic heterocycles. The van der Waals surface area contributed by atoms with Crippen molar-refractivity contribution in [3.63, 3.8) is 0 Å². The van der Waals surface area contributed by atoms with E-state index in [1.54, 1.807) is 0 Å². The monoisotopic (exact) mass is 225 g/mol. The lowest BCUT2D eigenvalue weighted by Gasteiger charge is -2.17. The molecule has 0 aliphatic carbocycles. The molecule has 1 rings (SSSR count). The van der Waals surface area contributed by atoms with E-state index in [0.717, 1.165) is 18.6 Å². The Bertz CT molecular complexity index is 343. The van der Waals surface area contributed by atoms with Gasteiger partial charge in [-0.1, -0.05) is 40.0 Å². The van der Waals surface area contributed by atoms with E-state index < -0.39 is 0 Å². The molecule has 0 aromatic carbocycles. The second-order valence-corrected chi connectivity index (χ2v) is 5.65. The Balaban J connectivity index is 2.02. The molecule has 0 bridgehead atoms. The first-order chi connectivity index (χ1) is 7.47. The van der Waals surface area contributed by atoms with E-state index in [9.17, 15) is 4.79 Å². The van der Waals surface area contributed by atoms with Crippen LogP contribution in [0.1, 0.15) is 58.6 Å². The summed E-state index contributed by atoms with van der Waals surface area (Å²) in [5, 5.41) is 2.31. The van der Waals surface area contributed by atoms with Gasteiger partial charge in [-0.2, -0.15) is 5.16 Å². The zero-order valence-electron chi connectivity index (χ0n) is 10.6. The zero-order valence-corrected chi connectivity index (χ0v) is 10.6. The van der Waals surface area contributed by atoms with E-state index >= 15 is 0 Å². The van der Waals surface area contributed by atoms with Crippen LogP contribution >= 0.6 is 0 Å². The standard InChI is InChI=1S/C13H23NO2/c1-13(2,3)9-7-5-4-6-8-11-10-12(15)14-16-11/h10H,4-9H2,1-3H3,(H,14,15). The van der Waals surface area contributed by atoms with Gasteiger partial charge in [0.15, 0.2) is 0 Å². The summed E-state index contributed by atoms with van der Waals surface area (Å²) in [6.45, 7) is 6.84. The highest BCUT2D eigenvalue weighted by Crippen LogP contribution is 2.22. The lowest BCUT2D eigenvalue weighted by atomic mass is 9.89. The molecule has 0 fully saturated rings. The third-order valence-corrected chi connectivity index (χ3v) is 2.67. The van der Waals surface area contributed by atoms with Crippen LogP contribution in [0.4, 0.5) is 0 Å². The molecule has 0 unspecified atom stereocenters. The van der Waals surface area contributed by atoms with Gasteiger partial charge in [-0.25, -0.2) is 0 Å². The number of aromatic nitrogens is 1. The highest BCUT2D eigenvalue weighted by molar-refractivity contribution is 4.93. The molecule has 0 saturated carbocycles. The van der Waals surface area contributed by atoms with Crippen molar-refractivity contribution in [2.75, 3.05) is 0 Å². The van der Waals surface area contributed by atoms with Crippen molar-refractivity contribution in [2.24, 2.45) is 5.41 Å². The smallest absolute Gasteiger partial charge is 0.280 e. The molecule has 0 amide bonds. The van der Waals surface area contributed by atoms with E-state index in [4.69, 9.17) is 4.52 Å². The van der Waals surface area contributed by atoms with Crippen molar-refractivity contribution < 1.29 is 4.52 Å². The van der Waals surface area contributed by atoms with Gasteiger partial charge in [-0.3, -0.25) is 4.79 Å². The van der Waals surface area contributed by atoms with Crippen LogP contribution in [0.25, 0.3) is 0 Å². The minimum absolute atomic E-state index is 0.136. The van der Waals surface area contributed by atoms with Crippen LogP contribution in [0.3, 0.4) is 0 Å². The Hall–Kier alpha value is -0.990. The largest absolute Gasteiger partial charge is 0.384 e. The quantitative estimate of drug-likeness (QED) is 0.753. The van der Waals surface area contributed by atoms with Crippen LogP contribution in [0.15, 0.2) is 15.4 Å². The topological polar surface area (TPSA) is 46.0 Å². The second-order valence-electron chi connectivity index (χ2n) is 5.65. The first-order valence-corrected chi connectivity index (χ1v) is 6.15. The van der Waals surface area contributed by atoms with Crippen molar-refractivity contribution in [1.29, 1.82) is 0 Å². The molecule has 16 heavy (non-hydrogen) atoms. The van der Waals surface area contributed by atoms with E-state index in [1.807, 2.05) is 0 Å². The van der Waals surface area contributed by atoms with Crippen LogP contribution in [0, 0.1) is 5.41 Å².